The molecule has 2 rings (SSSR count). The Labute approximate surface area is 116 Å². The van der Waals surface area contributed by atoms with Crippen LogP contribution in [0.5, 0.6) is 5.75 Å². The van der Waals surface area contributed by atoms with E-state index in [1.165, 1.54) is 5.56 Å². The number of ether oxygens (including phenoxy) is 1. The van der Waals surface area contributed by atoms with Gasteiger partial charge in [0.25, 0.3) is 0 Å². The molecule has 104 valence electrons. The van der Waals surface area contributed by atoms with Crippen LogP contribution in [0.1, 0.15) is 53.0 Å². The van der Waals surface area contributed by atoms with Gasteiger partial charge in [-0.2, -0.15) is 0 Å². The molecule has 0 aliphatic heterocycles. The Hall–Kier alpha value is -1.31. The van der Waals surface area contributed by atoms with E-state index < -0.39 is 0 Å². The van der Waals surface area contributed by atoms with Gasteiger partial charge in [-0.15, -0.1) is 0 Å². The van der Waals surface area contributed by atoms with Gasteiger partial charge in [-0.05, 0) is 30.4 Å². The van der Waals surface area contributed by atoms with E-state index >= 15 is 0 Å². The van der Waals surface area contributed by atoms with Crippen LogP contribution in [0.15, 0.2) is 24.3 Å². The van der Waals surface area contributed by atoms with E-state index in [0.717, 1.165) is 12.2 Å². The molecule has 1 aromatic rings. The average molecular weight is 260 g/mol. The van der Waals surface area contributed by atoms with E-state index in [9.17, 15) is 4.79 Å². The van der Waals surface area contributed by atoms with Crippen molar-refractivity contribution in [3.8, 4) is 5.75 Å². The third-order valence-electron chi connectivity index (χ3n) is 4.42. The number of rotatable bonds is 3. The highest BCUT2D eigenvalue weighted by atomic mass is 16.5. The summed E-state index contributed by atoms with van der Waals surface area (Å²) in [5.41, 5.74) is 0.950. The molecular formula is C17H24O2. The van der Waals surface area contributed by atoms with Crippen molar-refractivity contribution in [2.45, 2.75) is 59.0 Å². The summed E-state index contributed by atoms with van der Waals surface area (Å²) in [4.78, 5) is 11.8. The molecule has 0 N–H and O–H groups in total. The van der Waals surface area contributed by atoms with E-state index in [4.69, 9.17) is 4.74 Å². The zero-order valence-electron chi connectivity index (χ0n) is 12.6. The van der Waals surface area contributed by atoms with Crippen LogP contribution in [0, 0.1) is 5.41 Å². The van der Waals surface area contributed by atoms with Crippen LogP contribution in [-0.2, 0) is 10.2 Å². The molecule has 1 aromatic carbocycles. The molecule has 0 amide bonds. The van der Waals surface area contributed by atoms with E-state index in [0.29, 0.717) is 12.2 Å². The van der Waals surface area contributed by atoms with Crippen molar-refractivity contribution in [2.75, 3.05) is 0 Å². The number of hydrogen-bond acceptors (Lipinski definition) is 2. The Morgan fingerprint density at radius 2 is 1.95 bits per heavy atom. The molecule has 0 saturated heterocycles. The Morgan fingerprint density at radius 1 is 1.32 bits per heavy atom. The van der Waals surface area contributed by atoms with Gasteiger partial charge in [-0.1, -0.05) is 45.9 Å². The van der Waals surface area contributed by atoms with Crippen molar-refractivity contribution < 1.29 is 9.53 Å². The molecule has 0 spiro atoms. The Morgan fingerprint density at radius 3 is 2.47 bits per heavy atom. The maximum atomic E-state index is 11.8. The van der Waals surface area contributed by atoms with Crippen molar-refractivity contribution in [1.29, 1.82) is 0 Å². The second-order valence-corrected chi connectivity index (χ2v) is 6.75. The van der Waals surface area contributed by atoms with Gasteiger partial charge in [0.2, 0.25) is 0 Å². The van der Waals surface area contributed by atoms with Crippen LogP contribution in [0.2, 0.25) is 0 Å². The lowest BCUT2D eigenvalue weighted by Crippen LogP contribution is -2.54. The minimum Gasteiger partial charge on any atom is -0.489 e. The first-order chi connectivity index (χ1) is 8.79. The highest BCUT2D eigenvalue weighted by Crippen LogP contribution is 2.44. The summed E-state index contributed by atoms with van der Waals surface area (Å²) in [7, 11) is 0. The van der Waals surface area contributed by atoms with Gasteiger partial charge in [0.05, 0.1) is 5.41 Å². The Kier molecular flexibility index (Phi) is 3.46. The molecule has 2 unspecified atom stereocenters. The molecule has 2 atom stereocenters. The van der Waals surface area contributed by atoms with E-state index in [2.05, 4.69) is 33.8 Å². The summed E-state index contributed by atoms with van der Waals surface area (Å²) in [6.45, 7) is 10.6. The van der Waals surface area contributed by atoms with Gasteiger partial charge in [-0.25, -0.2) is 0 Å². The maximum absolute atomic E-state index is 11.8. The summed E-state index contributed by atoms with van der Waals surface area (Å²) in [6, 6.07) is 8.16. The second kappa shape index (κ2) is 4.66. The van der Waals surface area contributed by atoms with Crippen LogP contribution >= 0.6 is 0 Å². The van der Waals surface area contributed by atoms with Gasteiger partial charge in [-0.3, -0.25) is 4.79 Å². The molecule has 0 heterocycles. The number of para-hydroxylation sites is 1. The fraction of sp³-hybridized carbons (Fsp3) is 0.588. The zero-order chi connectivity index (χ0) is 14.3. The highest BCUT2D eigenvalue weighted by molar-refractivity contribution is 5.92. The number of Topliss-reactive ketones (excluding diaryl/α,β-unsaturated/α-hetero) is 1. The highest BCUT2D eigenvalue weighted by Gasteiger charge is 2.51. The predicted octanol–water partition coefficient (Wildman–Crippen LogP) is 4.12. The summed E-state index contributed by atoms with van der Waals surface area (Å²) in [6.07, 6.45) is 1.41. The van der Waals surface area contributed by atoms with Gasteiger partial charge in [0.1, 0.15) is 17.6 Å². The summed E-state index contributed by atoms with van der Waals surface area (Å²) in [5.74, 6) is 1.25. The second-order valence-electron chi connectivity index (χ2n) is 6.75. The van der Waals surface area contributed by atoms with Gasteiger partial charge in [0, 0.05) is 6.42 Å². The maximum Gasteiger partial charge on any atom is 0.146 e. The lowest BCUT2D eigenvalue weighted by Gasteiger charge is -2.44. The number of carbonyl (C=O) groups excluding carboxylic acids is 1. The third kappa shape index (κ3) is 2.41. The predicted molar refractivity (Wildman–Crippen MR) is 77.6 cm³/mol. The minimum absolute atomic E-state index is 0.0218. The van der Waals surface area contributed by atoms with Gasteiger partial charge in [0.15, 0.2) is 0 Å². The number of ketones is 1. The fourth-order valence-electron chi connectivity index (χ4n) is 2.61. The van der Waals surface area contributed by atoms with E-state index in [1.807, 2.05) is 25.1 Å². The van der Waals surface area contributed by atoms with Crippen molar-refractivity contribution in [3.63, 3.8) is 0 Å². The van der Waals surface area contributed by atoms with E-state index in [1.54, 1.807) is 0 Å². The summed E-state index contributed by atoms with van der Waals surface area (Å²) < 4.78 is 6.16. The lowest BCUT2D eigenvalue weighted by molar-refractivity contribution is -0.150. The topological polar surface area (TPSA) is 26.3 Å². The number of hydrogen-bond donors (Lipinski definition) is 0. The zero-order valence-corrected chi connectivity index (χ0v) is 12.6. The molecule has 0 radical (unpaired) electrons. The molecule has 2 nitrogen and oxygen atoms in total. The Bertz CT molecular complexity index is 484. The third-order valence-corrected chi connectivity index (χ3v) is 4.42. The van der Waals surface area contributed by atoms with E-state index in [-0.39, 0.29) is 16.9 Å². The first kappa shape index (κ1) is 14.1. The SMILES string of the molecule is CCC1(C)C(=O)CC1Oc1ccccc1C(C)(C)C. The van der Waals surface area contributed by atoms with Crippen LogP contribution in [0.3, 0.4) is 0 Å². The molecule has 1 aliphatic carbocycles. The van der Waals surface area contributed by atoms with Gasteiger partial charge < -0.3 is 4.74 Å². The van der Waals surface area contributed by atoms with Crippen molar-refractivity contribution in [1.82, 2.24) is 0 Å². The number of benzene rings is 1. The van der Waals surface area contributed by atoms with Crippen molar-refractivity contribution >= 4 is 5.78 Å². The molecule has 1 aliphatic rings. The molecular weight excluding hydrogens is 236 g/mol. The average Bonchev–Trinajstić information content (AvgIpc) is 2.36. The largest absolute Gasteiger partial charge is 0.489 e. The van der Waals surface area contributed by atoms with Crippen LogP contribution in [0.25, 0.3) is 0 Å². The van der Waals surface area contributed by atoms with Crippen LogP contribution in [-0.4, -0.2) is 11.9 Å². The molecule has 2 heteroatoms. The standard InChI is InChI=1S/C17H24O2/c1-6-17(5)14(18)11-15(17)19-13-10-8-7-9-12(13)16(2,3)4/h7-10,15H,6,11H2,1-5H3. The fourth-order valence-corrected chi connectivity index (χ4v) is 2.61. The number of carbonyl (C=O) groups is 1. The van der Waals surface area contributed by atoms with Gasteiger partial charge >= 0.3 is 0 Å². The Balaban J connectivity index is 2.24. The van der Waals surface area contributed by atoms with Crippen LogP contribution < -0.4 is 4.74 Å². The molecule has 19 heavy (non-hydrogen) atoms. The first-order valence-electron chi connectivity index (χ1n) is 7.08. The molecule has 1 fully saturated rings. The molecule has 0 bridgehead atoms. The lowest BCUT2D eigenvalue weighted by atomic mass is 9.64. The smallest absolute Gasteiger partial charge is 0.146 e. The minimum atomic E-state index is -0.301. The molecule has 1 saturated carbocycles. The first-order valence-corrected chi connectivity index (χ1v) is 7.08. The quantitative estimate of drug-likeness (QED) is 0.817. The normalized spacial score (nSPS) is 27.0. The monoisotopic (exact) mass is 260 g/mol. The van der Waals surface area contributed by atoms with Crippen molar-refractivity contribution in [3.05, 3.63) is 29.8 Å². The van der Waals surface area contributed by atoms with Crippen molar-refractivity contribution in [2.24, 2.45) is 5.41 Å². The molecule has 0 aromatic heterocycles. The van der Waals surface area contributed by atoms with Crippen LogP contribution in [0.4, 0.5) is 0 Å². The summed E-state index contributed by atoms with van der Waals surface area (Å²) >= 11 is 0. The summed E-state index contributed by atoms with van der Waals surface area (Å²) in [5, 5.41) is 0.